The van der Waals surface area contributed by atoms with E-state index in [0.29, 0.717) is 0 Å². The van der Waals surface area contributed by atoms with Gasteiger partial charge < -0.3 is 0 Å². The van der Waals surface area contributed by atoms with Crippen molar-refractivity contribution in [2.45, 2.75) is 33.1 Å². The summed E-state index contributed by atoms with van der Waals surface area (Å²) in [6.45, 7) is 3.74. The monoisotopic (exact) mass is 130 g/mol. The Bertz CT molecular complexity index is 84.6. The molecule has 0 aliphatic heterocycles. The first-order valence-electron chi connectivity index (χ1n) is 3.55. The molecule has 0 nitrogen and oxygen atoms in total. The molecule has 0 radical (unpaired) electrons. The fraction of sp³-hybridized carbons (Fsp3) is 0.750. The molecule has 0 unspecified atom stereocenters. The van der Waals surface area contributed by atoms with Crippen molar-refractivity contribution in [2.24, 2.45) is 0 Å². The molecule has 0 aromatic carbocycles. The molecular weight excluding hydrogens is 115 g/mol. The van der Waals surface area contributed by atoms with E-state index in [9.17, 15) is 4.39 Å². The third-order valence-corrected chi connectivity index (χ3v) is 1.43. The molecule has 0 spiro atoms. The van der Waals surface area contributed by atoms with Crippen LogP contribution in [0.4, 0.5) is 4.39 Å². The number of hydrogen-bond donors (Lipinski definition) is 0. The molecule has 0 N–H and O–H groups in total. The molecule has 0 aliphatic rings. The Balaban J connectivity index is 3.33. The number of allylic oxidation sites excluding steroid dienone is 2. The van der Waals surface area contributed by atoms with Crippen LogP contribution in [0.1, 0.15) is 33.1 Å². The van der Waals surface area contributed by atoms with Gasteiger partial charge in [-0.05, 0) is 25.3 Å². The summed E-state index contributed by atoms with van der Waals surface area (Å²) in [5, 5.41) is 0. The lowest BCUT2D eigenvalue weighted by molar-refractivity contribution is 0.526. The lowest BCUT2D eigenvalue weighted by Gasteiger charge is -1.97. The fourth-order valence-corrected chi connectivity index (χ4v) is 0.692. The quantitative estimate of drug-likeness (QED) is 0.513. The second-order valence-electron chi connectivity index (χ2n) is 2.18. The maximum atomic E-state index is 11.9. The van der Waals surface area contributed by atoms with E-state index in [-0.39, 0.29) is 6.67 Å². The van der Waals surface area contributed by atoms with Crippen LogP contribution in [-0.2, 0) is 0 Å². The van der Waals surface area contributed by atoms with E-state index < -0.39 is 0 Å². The summed E-state index contributed by atoms with van der Waals surface area (Å²) < 4.78 is 11.9. The zero-order valence-electron chi connectivity index (χ0n) is 6.28. The van der Waals surface area contributed by atoms with E-state index in [0.717, 1.165) is 24.8 Å². The molecule has 0 aliphatic carbocycles. The van der Waals surface area contributed by atoms with Gasteiger partial charge in [0.05, 0.1) is 0 Å². The standard InChI is InChI=1S/C8H15F/c1-3-5-6-8(4-2)7-9/h4H,3,5-7H2,1-2H3/b8-4-. The highest BCUT2D eigenvalue weighted by Crippen LogP contribution is 2.06. The molecule has 0 amide bonds. The van der Waals surface area contributed by atoms with E-state index in [1.807, 2.05) is 13.0 Å². The summed E-state index contributed by atoms with van der Waals surface area (Å²) in [5.41, 5.74) is 0.942. The van der Waals surface area contributed by atoms with Crippen molar-refractivity contribution >= 4 is 0 Å². The van der Waals surface area contributed by atoms with Crippen LogP contribution >= 0.6 is 0 Å². The summed E-state index contributed by atoms with van der Waals surface area (Å²) in [6, 6.07) is 0. The van der Waals surface area contributed by atoms with Crippen LogP contribution in [0, 0.1) is 0 Å². The molecule has 1 heteroatoms. The minimum Gasteiger partial charge on any atom is -0.246 e. The van der Waals surface area contributed by atoms with Crippen LogP contribution in [0.25, 0.3) is 0 Å². The molecule has 0 rings (SSSR count). The lowest BCUT2D eigenvalue weighted by atomic mass is 10.1. The third-order valence-electron chi connectivity index (χ3n) is 1.43. The predicted molar refractivity (Wildman–Crippen MR) is 39.3 cm³/mol. The van der Waals surface area contributed by atoms with Crippen molar-refractivity contribution in [2.75, 3.05) is 6.67 Å². The van der Waals surface area contributed by atoms with E-state index in [4.69, 9.17) is 0 Å². The molecule has 54 valence electrons. The minimum atomic E-state index is -0.267. The first kappa shape index (κ1) is 8.67. The van der Waals surface area contributed by atoms with Gasteiger partial charge in [-0.1, -0.05) is 19.4 Å². The van der Waals surface area contributed by atoms with Gasteiger partial charge in [0, 0.05) is 0 Å². The first-order chi connectivity index (χ1) is 4.35. The summed E-state index contributed by atoms with van der Waals surface area (Å²) in [7, 11) is 0. The molecular formula is C8H15F. The molecule has 0 bridgehead atoms. The van der Waals surface area contributed by atoms with Gasteiger partial charge in [0.25, 0.3) is 0 Å². The van der Waals surface area contributed by atoms with Gasteiger partial charge in [-0.3, -0.25) is 0 Å². The van der Waals surface area contributed by atoms with Crippen LogP contribution in [0.3, 0.4) is 0 Å². The molecule has 0 saturated carbocycles. The Kier molecular flexibility index (Phi) is 5.59. The summed E-state index contributed by atoms with van der Waals surface area (Å²) >= 11 is 0. The van der Waals surface area contributed by atoms with Crippen LogP contribution in [-0.4, -0.2) is 6.67 Å². The highest BCUT2D eigenvalue weighted by atomic mass is 19.1. The van der Waals surface area contributed by atoms with Crippen molar-refractivity contribution in [1.82, 2.24) is 0 Å². The zero-order valence-corrected chi connectivity index (χ0v) is 6.28. The van der Waals surface area contributed by atoms with Gasteiger partial charge in [-0.25, -0.2) is 4.39 Å². The lowest BCUT2D eigenvalue weighted by Crippen LogP contribution is -1.84. The number of rotatable bonds is 4. The predicted octanol–water partition coefficient (Wildman–Crippen LogP) is 3.09. The average molecular weight is 130 g/mol. The van der Waals surface area contributed by atoms with Crippen molar-refractivity contribution < 1.29 is 4.39 Å². The topological polar surface area (TPSA) is 0 Å². The van der Waals surface area contributed by atoms with Gasteiger partial charge in [0.15, 0.2) is 0 Å². The summed E-state index contributed by atoms with van der Waals surface area (Å²) in [4.78, 5) is 0. The van der Waals surface area contributed by atoms with Gasteiger partial charge in [-0.15, -0.1) is 0 Å². The second kappa shape index (κ2) is 5.80. The Labute approximate surface area is 56.8 Å². The molecule has 9 heavy (non-hydrogen) atoms. The largest absolute Gasteiger partial charge is 0.246 e. The van der Waals surface area contributed by atoms with Crippen LogP contribution in [0.2, 0.25) is 0 Å². The van der Waals surface area contributed by atoms with Gasteiger partial charge in [-0.2, -0.15) is 0 Å². The van der Waals surface area contributed by atoms with E-state index in [1.165, 1.54) is 0 Å². The van der Waals surface area contributed by atoms with E-state index in [1.54, 1.807) is 0 Å². The van der Waals surface area contributed by atoms with Gasteiger partial charge in [0.2, 0.25) is 0 Å². The minimum absolute atomic E-state index is 0.267. The SMILES string of the molecule is C/C=C(\CF)CCCC. The van der Waals surface area contributed by atoms with Crippen LogP contribution < -0.4 is 0 Å². The summed E-state index contributed by atoms with van der Waals surface area (Å²) in [5.74, 6) is 0. The van der Waals surface area contributed by atoms with E-state index >= 15 is 0 Å². The van der Waals surface area contributed by atoms with E-state index in [2.05, 4.69) is 6.92 Å². The van der Waals surface area contributed by atoms with Gasteiger partial charge in [0.1, 0.15) is 6.67 Å². The Hall–Kier alpha value is -0.330. The van der Waals surface area contributed by atoms with Crippen molar-refractivity contribution in [3.8, 4) is 0 Å². The number of alkyl halides is 1. The van der Waals surface area contributed by atoms with Gasteiger partial charge >= 0.3 is 0 Å². The highest BCUT2D eigenvalue weighted by Gasteiger charge is 1.91. The van der Waals surface area contributed by atoms with Crippen LogP contribution in [0.15, 0.2) is 11.6 Å². The molecule has 0 aromatic heterocycles. The molecule has 0 saturated heterocycles. The molecule has 0 atom stereocenters. The number of unbranched alkanes of at least 4 members (excludes halogenated alkanes) is 1. The van der Waals surface area contributed by atoms with Crippen LogP contribution in [0.5, 0.6) is 0 Å². The summed E-state index contributed by atoms with van der Waals surface area (Å²) in [6.07, 6.45) is 5.07. The second-order valence-corrected chi connectivity index (χ2v) is 2.18. The Morgan fingerprint density at radius 2 is 2.22 bits per heavy atom. The molecule has 0 aromatic rings. The zero-order chi connectivity index (χ0) is 7.11. The normalized spacial score (nSPS) is 12.1. The first-order valence-corrected chi connectivity index (χ1v) is 3.55. The molecule has 0 fully saturated rings. The third kappa shape index (κ3) is 4.19. The number of hydrogen-bond acceptors (Lipinski definition) is 0. The van der Waals surface area contributed by atoms with Crippen molar-refractivity contribution in [1.29, 1.82) is 0 Å². The maximum absolute atomic E-state index is 11.9. The van der Waals surface area contributed by atoms with Crippen molar-refractivity contribution in [3.63, 3.8) is 0 Å². The van der Waals surface area contributed by atoms with Crippen molar-refractivity contribution in [3.05, 3.63) is 11.6 Å². The Morgan fingerprint density at radius 1 is 1.56 bits per heavy atom. The maximum Gasteiger partial charge on any atom is 0.111 e. The average Bonchev–Trinajstić information content (AvgIpc) is 1.91. The Morgan fingerprint density at radius 3 is 2.56 bits per heavy atom. The molecule has 0 heterocycles. The smallest absolute Gasteiger partial charge is 0.111 e. The highest BCUT2D eigenvalue weighted by molar-refractivity contribution is 4.99. The number of halogens is 1. The fourth-order valence-electron chi connectivity index (χ4n) is 0.692.